The molecule has 7 heteroatoms. The molecule has 1 aliphatic carbocycles. The normalized spacial score (nSPS) is 20.0. The molecule has 25 heavy (non-hydrogen) atoms. The number of hydrogen-bond acceptors (Lipinski definition) is 3. The molecular formula is C18H19ClN4O2. The third-order valence-electron chi connectivity index (χ3n) is 4.59. The molecule has 3 rings (SSSR count). The number of H-pyrrole nitrogens is 1. The van der Waals surface area contributed by atoms with Crippen LogP contribution in [0.15, 0.2) is 24.3 Å². The quantitative estimate of drug-likeness (QED) is 0.733. The highest BCUT2D eigenvalue weighted by Crippen LogP contribution is 2.25. The van der Waals surface area contributed by atoms with E-state index in [-0.39, 0.29) is 30.3 Å². The number of nitrogens with one attached hydrogen (secondary N) is 3. The maximum absolute atomic E-state index is 12.6. The van der Waals surface area contributed by atoms with Crippen molar-refractivity contribution in [1.29, 1.82) is 5.26 Å². The summed E-state index contributed by atoms with van der Waals surface area (Å²) < 4.78 is 0. The highest BCUT2D eigenvalue weighted by atomic mass is 35.5. The molecule has 1 aromatic heterocycles. The van der Waals surface area contributed by atoms with Gasteiger partial charge in [0.15, 0.2) is 0 Å². The molecule has 1 fully saturated rings. The van der Waals surface area contributed by atoms with Crippen molar-refractivity contribution < 1.29 is 9.59 Å². The number of aromatic nitrogens is 1. The Balaban J connectivity index is 1.72. The molecule has 2 unspecified atom stereocenters. The van der Waals surface area contributed by atoms with Gasteiger partial charge < -0.3 is 15.6 Å². The number of carbonyl (C=O) groups is 2. The van der Waals surface area contributed by atoms with E-state index >= 15 is 0 Å². The summed E-state index contributed by atoms with van der Waals surface area (Å²) in [6.07, 6.45) is 3.38. The number of benzene rings is 1. The smallest absolute Gasteiger partial charge is 0.267 e. The van der Waals surface area contributed by atoms with Gasteiger partial charge in [-0.25, -0.2) is 0 Å². The number of halogens is 1. The Morgan fingerprint density at radius 1 is 1.28 bits per heavy atom. The van der Waals surface area contributed by atoms with Crippen LogP contribution in [0, 0.1) is 17.2 Å². The van der Waals surface area contributed by atoms with Crippen LogP contribution in [-0.4, -0.2) is 29.4 Å². The maximum Gasteiger partial charge on any atom is 0.267 e. The van der Waals surface area contributed by atoms with Gasteiger partial charge in [0.1, 0.15) is 12.2 Å². The molecule has 6 nitrogen and oxygen atoms in total. The first kappa shape index (κ1) is 17.3. The number of hydrogen-bond donors (Lipinski definition) is 3. The lowest BCUT2D eigenvalue weighted by atomic mass is 9.83. The van der Waals surface area contributed by atoms with Crippen LogP contribution in [0.2, 0.25) is 5.02 Å². The topological polar surface area (TPSA) is 97.8 Å². The van der Waals surface area contributed by atoms with E-state index in [9.17, 15) is 9.59 Å². The highest BCUT2D eigenvalue weighted by molar-refractivity contribution is 6.31. The van der Waals surface area contributed by atoms with Gasteiger partial charge in [-0.1, -0.05) is 30.5 Å². The Bertz CT molecular complexity index is 839. The fourth-order valence-corrected chi connectivity index (χ4v) is 3.52. The SMILES string of the molecule is N#CCNC(=O)C1CCCCC1NC(=O)c1cc2ccc(Cl)cc2[nH]1. The van der Waals surface area contributed by atoms with E-state index in [0.29, 0.717) is 17.1 Å². The van der Waals surface area contributed by atoms with Gasteiger partial charge in [-0.2, -0.15) is 5.26 Å². The lowest BCUT2D eigenvalue weighted by Crippen LogP contribution is -2.48. The van der Waals surface area contributed by atoms with Crippen LogP contribution in [-0.2, 0) is 4.79 Å². The molecular weight excluding hydrogens is 340 g/mol. The molecule has 1 saturated carbocycles. The van der Waals surface area contributed by atoms with Gasteiger partial charge in [0.25, 0.3) is 5.91 Å². The summed E-state index contributed by atoms with van der Waals surface area (Å²) in [5.74, 6) is -0.711. The number of nitrogens with zero attached hydrogens (tertiary/aromatic N) is 1. The van der Waals surface area contributed by atoms with Crippen molar-refractivity contribution in [2.45, 2.75) is 31.7 Å². The van der Waals surface area contributed by atoms with Crippen molar-refractivity contribution in [2.24, 2.45) is 5.92 Å². The molecule has 2 aromatic rings. The summed E-state index contributed by atoms with van der Waals surface area (Å²) in [7, 11) is 0. The van der Waals surface area contributed by atoms with E-state index in [1.807, 2.05) is 12.1 Å². The van der Waals surface area contributed by atoms with Crippen LogP contribution >= 0.6 is 11.6 Å². The van der Waals surface area contributed by atoms with Gasteiger partial charge in [0.05, 0.1) is 12.0 Å². The standard InChI is InChI=1S/C18H19ClN4O2/c19-12-6-5-11-9-16(22-15(11)10-12)18(25)23-14-4-2-1-3-13(14)17(24)21-8-7-20/h5-6,9-10,13-14,22H,1-4,8H2,(H,21,24)(H,23,25). The van der Waals surface area contributed by atoms with E-state index in [2.05, 4.69) is 15.6 Å². The highest BCUT2D eigenvalue weighted by Gasteiger charge is 2.32. The zero-order chi connectivity index (χ0) is 17.8. The Labute approximate surface area is 150 Å². The molecule has 0 saturated heterocycles. The van der Waals surface area contributed by atoms with Crippen molar-refractivity contribution in [3.8, 4) is 6.07 Å². The Hall–Kier alpha value is -2.52. The largest absolute Gasteiger partial charge is 0.350 e. The van der Waals surface area contributed by atoms with Crippen LogP contribution in [0.3, 0.4) is 0 Å². The van der Waals surface area contributed by atoms with E-state index in [1.54, 1.807) is 18.2 Å². The Morgan fingerprint density at radius 3 is 2.88 bits per heavy atom. The molecule has 2 atom stereocenters. The van der Waals surface area contributed by atoms with Crippen LogP contribution < -0.4 is 10.6 Å². The van der Waals surface area contributed by atoms with Crippen molar-refractivity contribution >= 4 is 34.3 Å². The van der Waals surface area contributed by atoms with Crippen molar-refractivity contribution in [2.75, 3.05) is 6.54 Å². The van der Waals surface area contributed by atoms with Gasteiger partial charge in [-0.15, -0.1) is 0 Å². The maximum atomic E-state index is 12.6. The second-order valence-corrected chi connectivity index (χ2v) is 6.70. The second-order valence-electron chi connectivity index (χ2n) is 6.26. The molecule has 0 spiro atoms. The Morgan fingerprint density at radius 2 is 2.08 bits per heavy atom. The van der Waals surface area contributed by atoms with Crippen LogP contribution in [0.25, 0.3) is 10.9 Å². The molecule has 0 radical (unpaired) electrons. The summed E-state index contributed by atoms with van der Waals surface area (Å²) >= 11 is 5.97. The molecule has 1 heterocycles. The summed E-state index contributed by atoms with van der Waals surface area (Å²) in [6, 6.07) is 8.84. The average Bonchev–Trinajstić information content (AvgIpc) is 3.03. The number of amides is 2. The Kier molecular flexibility index (Phi) is 5.25. The number of carbonyl (C=O) groups excluding carboxylic acids is 2. The first-order chi connectivity index (χ1) is 12.1. The monoisotopic (exact) mass is 358 g/mol. The number of nitriles is 1. The summed E-state index contributed by atoms with van der Waals surface area (Å²) in [5.41, 5.74) is 1.24. The fraction of sp³-hybridized carbons (Fsp3) is 0.389. The summed E-state index contributed by atoms with van der Waals surface area (Å²) in [4.78, 5) is 27.9. The van der Waals surface area contributed by atoms with Crippen molar-refractivity contribution in [3.63, 3.8) is 0 Å². The van der Waals surface area contributed by atoms with E-state index in [0.717, 1.165) is 30.2 Å². The number of aromatic amines is 1. The minimum Gasteiger partial charge on any atom is -0.350 e. The van der Waals surface area contributed by atoms with Crippen LogP contribution in [0.4, 0.5) is 0 Å². The van der Waals surface area contributed by atoms with E-state index in [1.165, 1.54) is 0 Å². The third kappa shape index (κ3) is 3.94. The zero-order valence-electron chi connectivity index (χ0n) is 13.6. The van der Waals surface area contributed by atoms with Crippen LogP contribution in [0.1, 0.15) is 36.2 Å². The predicted molar refractivity (Wildman–Crippen MR) is 95.1 cm³/mol. The summed E-state index contributed by atoms with van der Waals surface area (Å²) in [6.45, 7) is -0.0151. The lowest BCUT2D eigenvalue weighted by Gasteiger charge is -2.30. The van der Waals surface area contributed by atoms with Gasteiger partial charge >= 0.3 is 0 Å². The number of rotatable bonds is 4. The molecule has 1 aliphatic rings. The minimum atomic E-state index is -0.301. The molecule has 0 aliphatic heterocycles. The van der Waals surface area contributed by atoms with Crippen molar-refractivity contribution in [1.82, 2.24) is 15.6 Å². The van der Waals surface area contributed by atoms with E-state index in [4.69, 9.17) is 16.9 Å². The lowest BCUT2D eigenvalue weighted by molar-refractivity contribution is -0.126. The third-order valence-corrected chi connectivity index (χ3v) is 4.83. The predicted octanol–water partition coefficient (Wildman–Crippen LogP) is 2.75. The molecule has 0 bridgehead atoms. The van der Waals surface area contributed by atoms with Crippen LogP contribution in [0.5, 0.6) is 0 Å². The average molecular weight is 359 g/mol. The molecule has 3 N–H and O–H groups in total. The molecule has 130 valence electrons. The fourth-order valence-electron chi connectivity index (χ4n) is 3.34. The second kappa shape index (κ2) is 7.58. The van der Waals surface area contributed by atoms with Gasteiger partial charge in [-0.05, 0) is 31.0 Å². The van der Waals surface area contributed by atoms with E-state index < -0.39 is 0 Å². The van der Waals surface area contributed by atoms with Gasteiger partial charge in [0, 0.05) is 22.0 Å². The number of fused-ring (bicyclic) bond motifs is 1. The van der Waals surface area contributed by atoms with Crippen molar-refractivity contribution in [3.05, 3.63) is 35.0 Å². The zero-order valence-corrected chi connectivity index (χ0v) is 14.4. The minimum absolute atomic E-state index is 0.0151. The first-order valence-electron chi connectivity index (χ1n) is 8.32. The molecule has 1 aromatic carbocycles. The van der Waals surface area contributed by atoms with Gasteiger partial charge in [-0.3, -0.25) is 9.59 Å². The first-order valence-corrected chi connectivity index (χ1v) is 8.70. The van der Waals surface area contributed by atoms with Gasteiger partial charge in [0.2, 0.25) is 5.91 Å². The molecule has 2 amide bonds. The summed E-state index contributed by atoms with van der Waals surface area (Å²) in [5, 5.41) is 15.7.